The Morgan fingerprint density at radius 1 is 0.448 bits per heavy atom. The Morgan fingerprint density at radius 2 is 0.746 bits per heavy atom. The minimum absolute atomic E-state index is 0.148. The molecule has 4 unspecified atom stereocenters. The Labute approximate surface area is 396 Å². The number of aromatic nitrogens is 2. The van der Waals surface area contributed by atoms with Gasteiger partial charge in [0.2, 0.25) is 0 Å². The molecule has 0 amide bonds. The van der Waals surface area contributed by atoms with Crippen molar-refractivity contribution in [2.75, 3.05) is 39.6 Å². The van der Waals surface area contributed by atoms with Crippen molar-refractivity contribution in [3.8, 4) is 0 Å². The van der Waals surface area contributed by atoms with Gasteiger partial charge in [-0.15, -0.1) is 0 Å². The van der Waals surface area contributed by atoms with E-state index in [9.17, 15) is 28.8 Å². The van der Waals surface area contributed by atoms with Crippen LogP contribution < -0.4 is 0 Å². The average molecular weight is 931 g/mol. The van der Waals surface area contributed by atoms with E-state index >= 15 is 0 Å². The summed E-state index contributed by atoms with van der Waals surface area (Å²) >= 11 is 0. The molecule has 0 aliphatic heterocycles. The highest BCUT2D eigenvalue weighted by Crippen LogP contribution is 2.44. The highest BCUT2D eigenvalue weighted by molar-refractivity contribution is 5.96. The molecule has 0 fully saturated rings. The highest BCUT2D eigenvalue weighted by atomic mass is 16.6. The number of fused-ring (bicyclic) bond motifs is 2. The van der Waals surface area contributed by atoms with Crippen LogP contribution in [0.5, 0.6) is 0 Å². The maximum atomic E-state index is 14.0. The van der Waals surface area contributed by atoms with Crippen LogP contribution in [0.2, 0.25) is 0 Å². The molecule has 2 N–H and O–H groups in total. The van der Waals surface area contributed by atoms with Gasteiger partial charge < -0.3 is 38.4 Å². The van der Waals surface area contributed by atoms with Crippen LogP contribution in [0.25, 0.3) is 0 Å². The number of H-pyrrole nitrogens is 2. The summed E-state index contributed by atoms with van der Waals surface area (Å²) in [5, 5.41) is 0. The number of nitrogens with one attached hydrogen (secondary N) is 2. The van der Waals surface area contributed by atoms with Gasteiger partial charge in [0.15, 0.2) is 0 Å². The standard InChI is InChI=1S/C53H74N2O12/c1-7-13-19-62-48(56)35-25-34(26-36(27-35)49(57)63-20-14-8-2)45(46-39-30-43(52(60)66-23-17-11-5)41(28-37(39)32-54-46)50(58)64-21-15-9-3)47-40-31-44(53(61)67-24-18-12-6)42(29-38(40)33-55-47)51(59)65-22-16-10-4/h25-27,32-33,41-45,54-55H,7-24,28-31H2,1-6H3. The molecular formula is C53H74N2O12. The van der Waals surface area contributed by atoms with E-state index in [2.05, 4.69) is 9.97 Å². The molecule has 0 spiro atoms. The number of unbranched alkanes of at least 4 members (excludes halogenated alkanes) is 6. The van der Waals surface area contributed by atoms with Gasteiger partial charge in [-0.1, -0.05) is 80.1 Å². The first-order chi connectivity index (χ1) is 32.5. The monoisotopic (exact) mass is 931 g/mol. The Morgan fingerprint density at radius 3 is 1.06 bits per heavy atom. The van der Waals surface area contributed by atoms with Crippen molar-refractivity contribution in [3.05, 3.63) is 80.9 Å². The van der Waals surface area contributed by atoms with Crippen LogP contribution in [-0.4, -0.2) is 85.4 Å². The van der Waals surface area contributed by atoms with Crippen molar-refractivity contribution in [2.45, 2.75) is 150 Å². The van der Waals surface area contributed by atoms with E-state index in [1.807, 2.05) is 53.9 Å². The molecule has 2 aromatic heterocycles. The number of esters is 6. The molecule has 1 aromatic carbocycles. The third-order valence-corrected chi connectivity index (χ3v) is 12.9. The summed E-state index contributed by atoms with van der Waals surface area (Å²) in [5.41, 5.74) is 5.37. The van der Waals surface area contributed by atoms with Crippen molar-refractivity contribution in [1.82, 2.24) is 9.97 Å². The minimum atomic E-state index is -0.850. The fourth-order valence-corrected chi connectivity index (χ4v) is 8.87. The topological polar surface area (TPSA) is 189 Å². The van der Waals surface area contributed by atoms with Crippen LogP contribution >= 0.6 is 0 Å². The van der Waals surface area contributed by atoms with Gasteiger partial charge >= 0.3 is 35.8 Å². The van der Waals surface area contributed by atoms with E-state index in [1.54, 1.807) is 12.1 Å². The number of carbonyl (C=O) groups is 6. The minimum Gasteiger partial charge on any atom is -0.465 e. The van der Waals surface area contributed by atoms with Gasteiger partial charge in [0.05, 0.1) is 80.4 Å². The van der Waals surface area contributed by atoms with Gasteiger partial charge in [0.25, 0.3) is 0 Å². The molecule has 2 aliphatic rings. The number of carbonyl (C=O) groups excluding carboxylic acids is 6. The number of rotatable bonds is 27. The van der Waals surface area contributed by atoms with Crippen molar-refractivity contribution >= 4 is 35.8 Å². The summed E-state index contributed by atoms with van der Waals surface area (Å²) in [6, 6.07) is 4.91. The fourth-order valence-electron chi connectivity index (χ4n) is 8.87. The zero-order valence-corrected chi connectivity index (χ0v) is 40.7. The largest absolute Gasteiger partial charge is 0.465 e. The molecular weight excluding hydrogens is 857 g/mol. The molecule has 67 heavy (non-hydrogen) atoms. The lowest BCUT2D eigenvalue weighted by atomic mass is 9.72. The van der Waals surface area contributed by atoms with Crippen molar-refractivity contribution < 1.29 is 57.2 Å². The number of benzene rings is 1. The predicted molar refractivity (Wildman–Crippen MR) is 252 cm³/mol. The summed E-state index contributed by atoms with van der Waals surface area (Å²) in [5.74, 6) is -7.07. The lowest BCUT2D eigenvalue weighted by molar-refractivity contribution is -0.161. The van der Waals surface area contributed by atoms with Gasteiger partial charge in [-0.05, 0) is 110 Å². The summed E-state index contributed by atoms with van der Waals surface area (Å²) in [4.78, 5) is 90.2. The Bertz CT molecular complexity index is 1980. The fraction of sp³-hybridized carbons (Fsp3) is 0.623. The molecule has 3 aromatic rings. The van der Waals surface area contributed by atoms with Crippen LogP contribution in [0.15, 0.2) is 30.6 Å². The molecule has 2 aliphatic carbocycles. The van der Waals surface area contributed by atoms with E-state index in [-0.39, 0.29) is 76.5 Å². The molecule has 2 heterocycles. The maximum Gasteiger partial charge on any atom is 0.338 e. The third-order valence-electron chi connectivity index (χ3n) is 12.9. The first-order valence-electron chi connectivity index (χ1n) is 25.0. The Kier molecular flexibility index (Phi) is 21.0. The second-order valence-electron chi connectivity index (χ2n) is 18.0. The molecule has 368 valence electrons. The Balaban J connectivity index is 1.70. The SMILES string of the molecule is CCCCOC(=O)c1cc(C(=O)OCCCC)cc(C(c2[nH]cc3c2CC(C(=O)OCCCC)C(C(=O)OCCCC)C3)c2[nH]cc3c2CC(C(=O)OCCCC)C(C(=O)OCCCC)C3)c1. The smallest absolute Gasteiger partial charge is 0.338 e. The third kappa shape index (κ3) is 13.8. The van der Waals surface area contributed by atoms with Gasteiger partial charge in [-0.2, -0.15) is 0 Å². The van der Waals surface area contributed by atoms with Crippen molar-refractivity contribution in [2.24, 2.45) is 23.7 Å². The number of hydrogen-bond donors (Lipinski definition) is 2. The summed E-state index contributed by atoms with van der Waals surface area (Å²) in [6.07, 6.45) is 13.4. The second-order valence-corrected chi connectivity index (χ2v) is 18.0. The quantitative estimate of drug-likeness (QED) is 0.0419. The lowest BCUT2D eigenvalue weighted by Crippen LogP contribution is -2.39. The van der Waals surface area contributed by atoms with Gasteiger partial charge in [0.1, 0.15) is 0 Å². The van der Waals surface area contributed by atoms with Gasteiger partial charge in [-0.25, -0.2) is 9.59 Å². The molecule has 4 atom stereocenters. The van der Waals surface area contributed by atoms with Crippen LogP contribution in [0, 0.1) is 23.7 Å². The molecule has 0 saturated carbocycles. The van der Waals surface area contributed by atoms with Crippen LogP contribution in [0.1, 0.15) is 184 Å². The lowest BCUT2D eigenvalue weighted by Gasteiger charge is -2.32. The molecule has 14 heteroatoms. The van der Waals surface area contributed by atoms with E-state index in [4.69, 9.17) is 28.4 Å². The number of hydrogen-bond acceptors (Lipinski definition) is 12. The van der Waals surface area contributed by atoms with Gasteiger partial charge in [0, 0.05) is 23.8 Å². The second kappa shape index (κ2) is 26.8. The number of ether oxygens (including phenoxy) is 6. The van der Waals surface area contributed by atoms with Crippen molar-refractivity contribution in [1.29, 1.82) is 0 Å². The summed E-state index contributed by atoms with van der Waals surface area (Å²) in [7, 11) is 0. The first-order valence-corrected chi connectivity index (χ1v) is 25.0. The molecule has 0 bridgehead atoms. The van der Waals surface area contributed by atoms with E-state index in [0.29, 0.717) is 55.5 Å². The zero-order valence-electron chi connectivity index (χ0n) is 40.7. The normalized spacial score (nSPS) is 17.9. The van der Waals surface area contributed by atoms with Crippen LogP contribution in [-0.2, 0) is 73.3 Å². The average Bonchev–Trinajstić information content (AvgIpc) is 3.94. The molecule has 0 saturated heterocycles. The van der Waals surface area contributed by atoms with Crippen LogP contribution in [0.4, 0.5) is 0 Å². The molecule has 0 radical (unpaired) electrons. The first kappa shape index (κ1) is 52.6. The highest BCUT2D eigenvalue weighted by Gasteiger charge is 2.45. The molecule has 14 nitrogen and oxygen atoms in total. The van der Waals surface area contributed by atoms with E-state index in [0.717, 1.165) is 60.8 Å². The predicted octanol–water partition coefficient (Wildman–Crippen LogP) is 9.47. The number of aromatic amines is 2. The zero-order chi connectivity index (χ0) is 48.3. The van der Waals surface area contributed by atoms with Crippen molar-refractivity contribution in [3.63, 3.8) is 0 Å². The van der Waals surface area contributed by atoms with Gasteiger partial charge in [-0.3, -0.25) is 19.2 Å². The summed E-state index contributed by atoms with van der Waals surface area (Å²) < 4.78 is 34.4. The Hall–Kier alpha value is -5.40. The molecule has 5 rings (SSSR count). The summed E-state index contributed by atoms with van der Waals surface area (Å²) in [6.45, 7) is 13.4. The van der Waals surface area contributed by atoms with E-state index in [1.165, 1.54) is 6.07 Å². The van der Waals surface area contributed by atoms with E-state index < -0.39 is 65.4 Å². The van der Waals surface area contributed by atoms with Crippen LogP contribution in [0.3, 0.4) is 0 Å². The maximum absolute atomic E-state index is 14.0.